The smallest absolute Gasteiger partial charge is 0.264 e. The van der Waals surface area contributed by atoms with Crippen molar-refractivity contribution in [1.29, 1.82) is 0 Å². The molecule has 0 aliphatic heterocycles. The maximum absolute atomic E-state index is 13.1. The van der Waals surface area contributed by atoms with Crippen molar-refractivity contribution in [3.8, 4) is 22.8 Å². The SMILES string of the molecule is CS(=O)(=O)OCCc1nc(-c2ccc(F)cc2)oc1-c1ccsc1. The van der Waals surface area contributed by atoms with Gasteiger partial charge in [-0.25, -0.2) is 9.37 Å². The molecule has 24 heavy (non-hydrogen) atoms. The highest BCUT2D eigenvalue weighted by molar-refractivity contribution is 7.85. The molecule has 5 nitrogen and oxygen atoms in total. The molecule has 2 aromatic heterocycles. The van der Waals surface area contributed by atoms with E-state index in [0.29, 0.717) is 22.9 Å². The first kappa shape index (κ1) is 16.8. The van der Waals surface area contributed by atoms with Gasteiger partial charge in [0.1, 0.15) is 5.82 Å². The lowest BCUT2D eigenvalue weighted by atomic mass is 10.2. The molecule has 3 rings (SSSR count). The highest BCUT2D eigenvalue weighted by Gasteiger charge is 2.17. The lowest BCUT2D eigenvalue weighted by Crippen LogP contribution is -2.06. The Labute approximate surface area is 142 Å². The van der Waals surface area contributed by atoms with Crippen LogP contribution in [0.5, 0.6) is 0 Å². The standard InChI is InChI=1S/C16H14FNO4S2/c1-24(19,20)21-8-6-14-15(12-7-9-23-10-12)22-16(18-14)11-2-4-13(17)5-3-11/h2-5,7,9-10H,6,8H2,1H3. The maximum Gasteiger partial charge on any atom is 0.264 e. The summed E-state index contributed by atoms with van der Waals surface area (Å²) in [6.07, 6.45) is 1.28. The molecule has 0 spiro atoms. The summed E-state index contributed by atoms with van der Waals surface area (Å²) in [6.45, 7) is -0.0225. The second kappa shape index (κ2) is 6.84. The Hall–Kier alpha value is -2.03. The van der Waals surface area contributed by atoms with Crippen molar-refractivity contribution in [2.24, 2.45) is 0 Å². The average Bonchev–Trinajstić information content (AvgIpc) is 3.15. The van der Waals surface area contributed by atoms with Crippen molar-refractivity contribution in [3.05, 3.63) is 52.6 Å². The predicted molar refractivity (Wildman–Crippen MR) is 89.7 cm³/mol. The summed E-state index contributed by atoms with van der Waals surface area (Å²) in [7, 11) is -3.51. The number of hydrogen-bond acceptors (Lipinski definition) is 6. The van der Waals surface area contributed by atoms with E-state index in [-0.39, 0.29) is 18.8 Å². The van der Waals surface area contributed by atoms with Crippen molar-refractivity contribution in [2.75, 3.05) is 12.9 Å². The Bertz CT molecular complexity index is 916. The number of nitrogens with zero attached hydrogens (tertiary/aromatic N) is 1. The summed E-state index contributed by atoms with van der Waals surface area (Å²) in [6, 6.07) is 7.71. The third-order valence-electron chi connectivity index (χ3n) is 3.21. The number of rotatable bonds is 6. The number of halogens is 1. The van der Waals surface area contributed by atoms with Crippen LogP contribution in [0.25, 0.3) is 22.8 Å². The fourth-order valence-electron chi connectivity index (χ4n) is 2.15. The van der Waals surface area contributed by atoms with Crippen LogP contribution in [0.1, 0.15) is 5.69 Å². The van der Waals surface area contributed by atoms with Crippen LogP contribution in [0.3, 0.4) is 0 Å². The average molecular weight is 367 g/mol. The number of hydrogen-bond donors (Lipinski definition) is 0. The minimum Gasteiger partial charge on any atom is -0.436 e. The van der Waals surface area contributed by atoms with Crippen LogP contribution in [-0.2, 0) is 20.7 Å². The molecule has 0 fully saturated rings. The first-order valence-corrected chi connectivity index (χ1v) is 9.81. The fraction of sp³-hybridized carbons (Fsp3) is 0.188. The molecule has 2 heterocycles. The molecule has 0 N–H and O–H groups in total. The predicted octanol–water partition coefficient (Wildman–Crippen LogP) is 3.73. The molecule has 0 saturated heterocycles. The van der Waals surface area contributed by atoms with E-state index in [1.54, 1.807) is 12.1 Å². The highest BCUT2D eigenvalue weighted by atomic mass is 32.2. The maximum atomic E-state index is 13.1. The van der Waals surface area contributed by atoms with Gasteiger partial charge in [-0.15, -0.1) is 0 Å². The van der Waals surface area contributed by atoms with Crippen molar-refractivity contribution in [3.63, 3.8) is 0 Å². The Morgan fingerprint density at radius 2 is 1.96 bits per heavy atom. The van der Waals surface area contributed by atoms with Gasteiger partial charge >= 0.3 is 0 Å². The van der Waals surface area contributed by atoms with E-state index < -0.39 is 10.1 Å². The Morgan fingerprint density at radius 3 is 2.58 bits per heavy atom. The third kappa shape index (κ3) is 4.08. The molecule has 0 amide bonds. The Balaban J connectivity index is 1.92. The van der Waals surface area contributed by atoms with Gasteiger partial charge < -0.3 is 4.42 Å². The van der Waals surface area contributed by atoms with E-state index in [1.807, 2.05) is 16.8 Å². The molecule has 0 bridgehead atoms. The van der Waals surface area contributed by atoms with Crippen LogP contribution in [0.4, 0.5) is 4.39 Å². The van der Waals surface area contributed by atoms with Crippen LogP contribution in [-0.4, -0.2) is 26.3 Å². The van der Waals surface area contributed by atoms with Gasteiger partial charge in [-0.3, -0.25) is 4.18 Å². The van der Waals surface area contributed by atoms with Gasteiger partial charge in [0, 0.05) is 22.9 Å². The first-order chi connectivity index (χ1) is 11.4. The summed E-state index contributed by atoms with van der Waals surface area (Å²) < 4.78 is 45.9. The van der Waals surface area contributed by atoms with E-state index in [1.165, 1.54) is 23.5 Å². The fourth-order valence-corrected chi connectivity index (χ4v) is 3.17. The molecule has 3 aromatic rings. The minimum atomic E-state index is -3.51. The monoisotopic (exact) mass is 367 g/mol. The Morgan fingerprint density at radius 1 is 1.21 bits per heavy atom. The topological polar surface area (TPSA) is 69.4 Å². The van der Waals surface area contributed by atoms with Gasteiger partial charge in [-0.2, -0.15) is 19.8 Å². The molecule has 0 aliphatic rings. The van der Waals surface area contributed by atoms with Gasteiger partial charge in [0.15, 0.2) is 5.76 Å². The molecule has 0 unspecified atom stereocenters. The lowest BCUT2D eigenvalue weighted by Gasteiger charge is -2.00. The normalized spacial score (nSPS) is 11.8. The summed E-state index contributed by atoms with van der Waals surface area (Å²) in [5.74, 6) is 0.573. The molecule has 1 aromatic carbocycles. The quantitative estimate of drug-likeness (QED) is 0.621. The second-order valence-corrected chi connectivity index (χ2v) is 7.51. The van der Waals surface area contributed by atoms with Crippen LogP contribution in [0, 0.1) is 5.82 Å². The molecule has 0 saturated carbocycles. The van der Waals surface area contributed by atoms with Gasteiger partial charge in [0.25, 0.3) is 10.1 Å². The van der Waals surface area contributed by atoms with Crippen molar-refractivity contribution in [2.45, 2.75) is 6.42 Å². The van der Waals surface area contributed by atoms with Crippen LogP contribution < -0.4 is 0 Å². The van der Waals surface area contributed by atoms with E-state index in [9.17, 15) is 12.8 Å². The Kier molecular flexibility index (Phi) is 4.79. The zero-order valence-corrected chi connectivity index (χ0v) is 14.4. The molecule has 126 valence electrons. The van der Waals surface area contributed by atoms with Crippen LogP contribution in [0.15, 0.2) is 45.5 Å². The lowest BCUT2D eigenvalue weighted by molar-refractivity contribution is 0.324. The summed E-state index contributed by atoms with van der Waals surface area (Å²) >= 11 is 1.51. The molecular formula is C16H14FNO4S2. The molecule has 0 radical (unpaired) electrons. The van der Waals surface area contributed by atoms with E-state index in [4.69, 9.17) is 8.60 Å². The summed E-state index contributed by atoms with van der Waals surface area (Å²) in [5, 5.41) is 3.82. The zero-order chi connectivity index (χ0) is 17.2. The highest BCUT2D eigenvalue weighted by Crippen LogP contribution is 2.31. The van der Waals surface area contributed by atoms with Crippen molar-refractivity contribution >= 4 is 21.5 Å². The first-order valence-electron chi connectivity index (χ1n) is 7.05. The largest absolute Gasteiger partial charge is 0.436 e. The van der Waals surface area contributed by atoms with Crippen LogP contribution in [0.2, 0.25) is 0 Å². The molecule has 0 atom stereocenters. The minimum absolute atomic E-state index is 0.0225. The van der Waals surface area contributed by atoms with Gasteiger partial charge in [0.05, 0.1) is 18.6 Å². The van der Waals surface area contributed by atoms with E-state index >= 15 is 0 Å². The van der Waals surface area contributed by atoms with Gasteiger partial charge in [-0.1, -0.05) is 0 Å². The summed E-state index contributed by atoms with van der Waals surface area (Å²) in [5.41, 5.74) is 2.09. The summed E-state index contributed by atoms with van der Waals surface area (Å²) in [4.78, 5) is 4.43. The zero-order valence-electron chi connectivity index (χ0n) is 12.7. The second-order valence-electron chi connectivity index (χ2n) is 5.09. The van der Waals surface area contributed by atoms with Gasteiger partial charge in [0.2, 0.25) is 5.89 Å². The van der Waals surface area contributed by atoms with Crippen LogP contribution >= 0.6 is 11.3 Å². The number of benzene rings is 1. The van der Waals surface area contributed by atoms with E-state index in [2.05, 4.69) is 4.98 Å². The third-order valence-corrected chi connectivity index (χ3v) is 4.49. The number of thiophene rings is 1. The number of aromatic nitrogens is 1. The van der Waals surface area contributed by atoms with Crippen molar-refractivity contribution in [1.82, 2.24) is 4.98 Å². The molecular weight excluding hydrogens is 353 g/mol. The molecule has 8 heteroatoms. The number of oxazole rings is 1. The van der Waals surface area contributed by atoms with E-state index in [0.717, 1.165) is 11.8 Å². The van der Waals surface area contributed by atoms with Crippen molar-refractivity contribution < 1.29 is 21.4 Å². The molecule has 0 aliphatic carbocycles. The van der Waals surface area contributed by atoms with Gasteiger partial charge in [-0.05, 0) is 35.7 Å².